The van der Waals surface area contributed by atoms with Crippen LogP contribution >= 0.6 is 0 Å². The number of aromatic nitrogens is 1. The molecule has 1 aromatic heterocycles. The number of ether oxygens (including phenoxy) is 1. The van der Waals surface area contributed by atoms with Crippen LogP contribution in [0.1, 0.15) is 46.2 Å². The van der Waals surface area contributed by atoms with E-state index >= 15 is 0 Å². The summed E-state index contributed by atoms with van der Waals surface area (Å²) in [6, 6.07) is 2.92. The first-order chi connectivity index (χ1) is 14.2. The first kappa shape index (κ1) is 20.2. The van der Waals surface area contributed by atoms with Crippen molar-refractivity contribution >= 4 is 11.7 Å². The van der Waals surface area contributed by atoms with E-state index in [1.165, 1.54) is 16.8 Å². The molecule has 30 heavy (non-hydrogen) atoms. The number of amides is 1. The molecular formula is C21H20F2N2O5. The number of carbonyl (C=O) groups is 2. The van der Waals surface area contributed by atoms with E-state index in [1.807, 2.05) is 0 Å². The van der Waals surface area contributed by atoms with Gasteiger partial charge in [-0.2, -0.15) is 0 Å². The van der Waals surface area contributed by atoms with E-state index in [0.717, 1.165) is 6.07 Å². The second kappa shape index (κ2) is 7.32. The molecule has 1 aromatic carbocycles. The minimum Gasteiger partial charge on any atom is -0.503 e. The van der Waals surface area contributed by atoms with E-state index in [-0.39, 0.29) is 29.9 Å². The second-order valence-electron chi connectivity index (χ2n) is 7.85. The summed E-state index contributed by atoms with van der Waals surface area (Å²) >= 11 is 0. The molecule has 2 aromatic rings. The van der Waals surface area contributed by atoms with Gasteiger partial charge in [0.05, 0.1) is 18.1 Å². The number of rotatable bonds is 3. The van der Waals surface area contributed by atoms with Gasteiger partial charge in [0, 0.05) is 31.0 Å². The summed E-state index contributed by atoms with van der Waals surface area (Å²) < 4.78 is 33.9. The van der Waals surface area contributed by atoms with Gasteiger partial charge in [-0.15, -0.1) is 0 Å². The lowest BCUT2D eigenvalue weighted by Crippen LogP contribution is -2.52. The number of halogens is 2. The number of pyridine rings is 1. The van der Waals surface area contributed by atoms with Crippen LogP contribution < -0.4 is 10.7 Å². The Labute approximate surface area is 170 Å². The SMILES string of the molecule is C[C@@]12CCCO[C@H]1Cn1cc(C(=O)NCc3ccc(F)cc3F)c(=O)c(O)c1C2=O. The smallest absolute Gasteiger partial charge is 0.257 e. The highest BCUT2D eigenvalue weighted by Gasteiger charge is 2.49. The number of hydrogen-bond donors (Lipinski definition) is 2. The molecule has 0 saturated carbocycles. The van der Waals surface area contributed by atoms with Crippen molar-refractivity contribution in [3.8, 4) is 5.75 Å². The van der Waals surface area contributed by atoms with Crippen LogP contribution in [0.2, 0.25) is 0 Å². The summed E-state index contributed by atoms with van der Waals surface area (Å²) in [7, 11) is 0. The van der Waals surface area contributed by atoms with Crippen LogP contribution in [0.5, 0.6) is 5.75 Å². The summed E-state index contributed by atoms with van der Waals surface area (Å²) in [4.78, 5) is 38.1. The van der Waals surface area contributed by atoms with Crippen LogP contribution in [-0.4, -0.2) is 34.1 Å². The average Bonchev–Trinajstić information content (AvgIpc) is 2.70. The van der Waals surface area contributed by atoms with Gasteiger partial charge in [-0.05, 0) is 25.8 Å². The highest BCUT2D eigenvalue weighted by atomic mass is 19.1. The molecular weight excluding hydrogens is 398 g/mol. The van der Waals surface area contributed by atoms with Crippen LogP contribution in [0.25, 0.3) is 0 Å². The van der Waals surface area contributed by atoms with Crippen molar-refractivity contribution in [3.05, 3.63) is 63.1 Å². The van der Waals surface area contributed by atoms with Crippen LogP contribution in [0.15, 0.2) is 29.2 Å². The van der Waals surface area contributed by atoms with Crippen LogP contribution in [0.3, 0.4) is 0 Å². The number of nitrogens with zero attached hydrogens (tertiary/aromatic N) is 1. The Morgan fingerprint density at radius 3 is 2.87 bits per heavy atom. The largest absolute Gasteiger partial charge is 0.503 e. The van der Waals surface area contributed by atoms with E-state index in [2.05, 4.69) is 5.32 Å². The minimum atomic E-state index is -0.981. The van der Waals surface area contributed by atoms with Crippen molar-refractivity contribution in [2.75, 3.05) is 6.61 Å². The van der Waals surface area contributed by atoms with Crippen molar-refractivity contribution < 1.29 is 28.2 Å². The molecule has 2 N–H and O–H groups in total. The zero-order chi connectivity index (χ0) is 21.6. The Morgan fingerprint density at radius 2 is 2.13 bits per heavy atom. The van der Waals surface area contributed by atoms with E-state index in [4.69, 9.17) is 4.74 Å². The van der Waals surface area contributed by atoms with Crippen LogP contribution in [0, 0.1) is 17.0 Å². The monoisotopic (exact) mass is 418 g/mol. The Morgan fingerprint density at radius 1 is 1.37 bits per heavy atom. The molecule has 0 aliphatic carbocycles. The maximum atomic E-state index is 13.8. The summed E-state index contributed by atoms with van der Waals surface area (Å²) in [5.74, 6) is -3.61. The summed E-state index contributed by atoms with van der Waals surface area (Å²) in [6.45, 7) is 2.18. The number of fused-ring (bicyclic) bond motifs is 2. The first-order valence-electron chi connectivity index (χ1n) is 9.57. The fourth-order valence-corrected chi connectivity index (χ4v) is 4.10. The van der Waals surface area contributed by atoms with Gasteiger partial charge in [-0.1, -0.05) is 6.07 Å². The molecule has 0 spiro atoms. The van der Waals surface area contributed by atoms with E-state index in [1.54, 1.807) is 6.92 Å². The van der Waals surface area contributed by atoms with Gasteiger partial charge in [-0.25, -0.2) is 8.78 Å². The number of aromatic hydroxyl groups is 1. The molecule has 0 bridgehead atoms. The highest BCUT2D eigenvalue weighted by molar-refractivity contribution is 6.03. The van der Waals surface area contributed by atoms with E-state index < -0.39 is 46.0 Å². The topological polar surface area (TPSA) is 97.6 Å². The van der Waals surface area contributed by atoms with Crippen LogP contribution in [0.4, 0.5) is 8.78 Å². The molecule has 1 saturated heterocycles. The lowest BCUT2D eigenvalue weighted by Gasteiger charge is -2.44. The number of carbonyl (C=O) groups excluding carboxylic acids is 2. The Kier molecular flexibility index (Phi) is 4.93. The van der Waals surface area contributed by atoms with Gasteiger partial charge < -0.3 is 19.7 Å². The standard InChI is InChI=1S/C21H20F2N2O5/c1-21-5-2-6-30-15(21)10-25-9-13(17(26)18(27)16(25)19(21)28)20(29)24-8-11-3-4-12(22)7-14(11)23/h3-4,7,9,15,27H,2,5-6,8,10H2,1H3,(H,24,29)/t15-,21+/m0/s1. The lowest BCUT2D eigenvalue weighted by atomic mass is 9.71. The van der Waals surface area contributed by atoms with Crippen molar-refractivity contribution in [3.63, 3.8) is 0 Å². The Hall–Kier alpha value is -3.07. The average molecular weight is 418 g/mol. The minimum absolute atomic E-state index is 0.0357. The van der Waals surface area contributed by atoms with Gasteiger partial charge in [0.15, 0.2) is 11.5 Å². The molecule has 158 valence electrons. The fraction of sp³-hybridized carbons (Fsp3) is 0.381. The molecule has 7 nitrogen and oxygen atoms in total. The van der Waals surface area contributed by atoms with E-state index in [9.17, 15) is 28.3 Å². The highest BCUT2D eigenvalue weighted by Crippen LogP contribution is 2.42. The summed E-state index contributed by atoms with van der Waals surface area (Å²) in [5, 5.41) is 12.8. The van der Waals surface area contributed by atoms with Crippen molar-refractivity contribution in [2.45, 2.75) is 39.0 Å². The van der Waals surface area contributed by atoms with Gasteiger partial charge in [0.1, 0.15) is 22.9 Å². The van der Waals surface area contributed by atoms with Crippen molar-refractivity contribution in [2.24, 2.45) is 5.41 Å². The van der Waals surface area contributed by atoms with Crippen molar-refractivity contribution in [1.29, 1.82) is 0 Å². The molecule has 1 amide bonds. The number of Topliss-reactive ketones (excluding diaryl/α,β-unsaturated/α-hetero) is 1. The van der Waals surface area contributed by atoms with Gasteiger partial charge in [0.25, 0.3) is 5.91 Å². The molecule has 0 radical (unpaired) electrons. The third kappa shape index (κ3) is 3.19. The van der Waals surface area contributed by atoms with Gasteiger partial charge >= 0.3 is 0 Å². The molecule has 2 atom stereocenters. The molecule has 2 aliphatic rings. The predicted octanol–water partition coefficient (Wildman–Crippen LogP) is 2.14. The molecule has 2 aliphatic heterocycles. The summed E-state index contributed by atoms with van der Waals surface area (Å²) in [5.41, 5.74) is -2.30. The Balaban J connectivity index is 1.64. The summed E-state index contributed by atoms with van der Waals surface area (Å²) in [6.07, 6.45) is 2.06. The molecule has 9 heteroatoms. The second-order valence-corrected chi connectivity index (χ2v) is 7.85. The van der Waals surface area contributed by atoms with Gasteiger partial charge in [-0.3, -0.25) is 14.4 Å². The number of ketones is 1. The van der Waals surface area contributed by atoms with Gasteiger partial charge in [0.2, 0.25) is 5.43 Å². The van der Waals surface area contributed by atoms with Crippen molar-refractivity contribution in [1.82, 2.24) is 9.88 Å². The number of hydrogen-bond acceptors (Lipinski definition) is 5. The van der Waals surface area contributed by atoms with E-state index in [0.29, 0.717) is 25.5 Å². The third-order valence-corrected chi connectivity index (χ3v) is 5.92. The zero-order valence-electron chi connectivity index (χ0n) is 16.2. The normalized spacial score (nSPS) is 22.9. The first-order valence-corrected chi connectivity index (χ1v) is 9.57. The molecule has 4 rings (SSSR count). The Bertz CT molecular complexity index is 1110. The zero-order valence-corrected chi connectivity index (χ0v) is 16.2. The maximum absolute atomic E-state index is 13.8. The fourth-order valence-electron chi connectivity index (χ4n) is 4.10. The molecule has 3 heterocycles. The third-order valence-electron chi connectivity index (χ3n) is 5.92. The predicted molar refractivity (Wildman–Crippen MR) is 101 cm³/mol. The lowest BCUT2D eigenvalue weighted by molar-refractivity contribution is -0.0740. The quantitative estimate of drug-likeness (QED) is 0.796. The molecule has 0 unspecified atom stereocenters. The number of nitrogens with one attached hydrogen (secondary N) is 1. The molecule has 1 fully saturated rings. The maximum Gasteiger partial charge on any atom is 0.257 e. The van der Waals surface area contributed by atoms with Crippen LogP contribution in [-0.2, 0) is 17.8 Å². The number of benzene rings is 1.